The average Bonchev–Trinajstić information content (AvgIpc) is 2.61. The van der Waals surface area contributed by atoms with E-state index >= 15 is 0 Å². The fraction of sp³-hybridized carbons (Fsp3) is 0.667. The Hall–Kier alpha value is -0.380. The summed E-state index contributed by atoms with van der Waals surface area (Å²) in [6, 6.07) is 2.09. The standard InChI is InChI=1S/C12H20O2S/c1-3-4-10(13)11(14)5-6-12-9(2)7-8-15-12/h7-8,10-11,13-14H,3-6H2,1-2H3. The Morgan fingerprint density at radius 2 is 1.93 bits per heavy atom. The Balaban J connectivity index is 2.34. The lowest BCUT2D eigenvalue weighted by atomic mass is 10.0. The summed E-state index contributed by atoms with van der Waals surface area (Å²) in [6.45, 7) is 4.10. The average molecular weight is 228 g/mol. The van der Waals surface area contributed by atoms with Gasteiger partial charge in [0.05, 0.1) is 12.2 Å². The third kappa shape index (κ3) is 3.93. The van der Waals surface area contributed by atoms with Crippen LogP contribution in [-0.2, 0) is 6.42 Å². The van der Waals surface area contributed by atoms with Gasteiger partial charge in [-0.15, -0.1) is 11.3 Å². The highest BCUT2D eigenvalue weighted by Crippen LogP contribution is 2.19. The summed E-state index contributed by atoms with van der Waals surface area (Å²) in [5, 5.41) is 21.3. The molecule has 2 nitrogen and oxygen atoms in total. The normalized spacial score (nSPS) is 15.2. The summed E-state index contributed by atoms with van der Waals surface area (Å²) in [4.78, 5) is 1.32. The molecule has 1 heterocycles. The first kappa shape index (κ1) is 12.7. The molecular formula is C12H20O2S. The van der Waals surface area contributed by atoms with Gasteiger partial charge in [-0.05, 0) is 43.2 Å². The van der Waals surface area contributed by atoms with Gasteiger partial charge in [0.15, 0.2) is 0 Å². The maximum atomic E-state index is 9.69. The molecule has 0 amide bonds. The van der Waals surface area contributed by atoms with Crippen LogP contribution in [0.25, 0.3) is 0 Å². The number of hydrogen-bond donors (Lipinski definition) is 2. The summed E-state index contributed by atoms with van der Waals surface area (Å²) in [5.74, 6) is 0. The van der Waals surface area contributed by atoms with Crippen molar-refractivity contribution in [2.75, 3.05) is 0 Å². The molecule has 0 spiro atoms. The van der Waals surface area contributed by atoms with E-state index in [0.717, 1.165) is 12.8 Å². The molecule has 3 heteroatoms. The predicted octanol–water partition coefficient (Wildman–Crippen LogP) is 2.51. The highest BCUT2D eigenvalue weighted by atomic mass is 32.1. The first-order valence-electron chi connectivity index (χ1n) is 5.54. The van der Waals surface area contributed by atoms with Gasteiger partial charge in [-0.1, -0.05) is 13.3 Å². The minimum atomic E-state index is -0.577. The topological polar surface area (TPSA) is 40.5 Å². The lowest BCUT2D eigenvalue weighted by Crippen LogP contribution is -2.26. The zero-order chi connectivity index (χ0) is 11.3. The van der Waals surface area contributed by atoms with Gasteiger partial charge in [-0.25, -0.2) is 0 Å². The van der Waals surface area contributed by atoms with Crippen molar-refractivity contribution in [1.82, 2.24) is 0 Å². The molecule has 0 radical (unpaired) electrons. The van der Waals surface area contributed by atoms with Crippen molar-refractivity contribution in [1.29, 1.82) is 0 Å². The van der Waals surface area contributed by atoms with E-state index in [9.17, 15) is 10.2 Å². The fourth-order valence-corrected chi connectivity index (χ4v) is 2.55. The molecule has 2 unspecified atom stereocenters. The van der Waals surface area contributed by atoms with Crippen LogP contribution in [0.2, 0.25) is 0 Å². The molecule has 86 valence electrons. The first-order valence-corrected chi connectivity index (χ1v) is 6.42. The molecule has 2 N–H and O–H groups in total. The SMILES string of the molecule is CCCC(O)C(O)CCc1sccc1C. The number of thiophene rings is 1. The summed E-state index contributed by atoms with van der Waals surface area (Å²) >= 11 is 1.72. The van der Waals surface area contributed by atoms with Gasteiger partial charge >= 0.3 is 0 Å². The van der Waals surface area contributed by atoms with Gasteiger partial charge in [-0.2, -0.15) is 0 Å². The molecule has 1 rings (SSSR count). The number of aryl methyl sites for hydroxylation is 2. The summed E-state index contributed by atoms with van der Waals surface area (Å²) < 4.78 is 0. The van der Waals surface area contributed by atoms with Crippen molar-refractivity contribution in [3.8, 4) is 0 Å². The monoisotopic (exact) mass is 228 g/mol. The summed E-state index contributed by atoms with van der Waals surface area (Å²) in [5.41, 5.74) is 1.29. The lowest BCUT2D eigenvalue weighted by molar-refractivity contribution is 0.00990. The van der Waals surface area contributed by atoms with E-state index in [-0.39, 0.29) is 0 Å². The maximum Gasteiger partial charge on any atom is 0.0802 e. The number of rotatable bonds is 6. The zero-order valence-corrected chi connectivity index (χ0v) is 10.3. The Bertz CT molecular complexity index is 283. The van der Waals surface area contributed by atoms with Crippen LogP contribution in [0.4, 0.5) is 0 Å². The second-order valence-electron chi connectivity index (χ2n) is 3.99. The Kier molecular flexibility index (Phi) is 5.29. The Morgan fingerprint density at radius 3 is 2.47 bits per heavy atom. The predicted molar refractivity (Wildman–Crippen MR) is 64.3 cm³/mol. The first-order chi connectivity index (χ1) is 7.15. The van der Waals surface area contributed by atoms with Crippen molar-refractivity contribution in [3.63, 3.8) is 0 Å². The van der Waals surface area contributed by atoms with Gasteiger partial charge < -0.3 is 10.2 Å². The van der Waals surface area contributed by atoms with E-state index in [1.807, 2.05) is 6.92 Å². The highest BCUT2D eigenvalue weighted by Gasteiger charge is 2.15. The smallest absolute Gasteiger partial charge is 0.0802 e. The van der Waals surface area contributed by atoms with Crippen LogP contribution in [0.5, 0.6) is 0 Å². The van der Waals surface area contributed by atoms with Crippen LogP contribution in [0, 0.1) is 6.92 Å². The number of aliphatic hydroxyl groups excluding tert-OH is 2. The summed E-state index contributed by atoms with van der Waals surface area (Å²) in [6.07, 6.45) is 1.98. The van der Waals surface area contributed by atoms with Crippen LogP contribution in [0.3, 0.4) is 0 Å². The minimum Gasteiger partial charge on any atom is -0.390 e. The van der Waals surface area contributed by atoms with E-state index in [4.69, 9.17) is 0 Å². The van der Waals surface area contributed by atoms with Crippen molar-refractivity contribution in [2.24, 2.45) is 0 Å². The van der Waals surface area contributed by atoms with Crippen LogP contribution in [-0.4, -0.2) is 22.4 Å². The van der Waals surface area contributed by atoms with E-state index < -0.39 is 12.2 Å². The fourth-order valence-electron chi connectivity index (χ4n) is 1.62. The Morgan fingerprint density at radius 1 is 1.27 bits per heavy atom. The molecule has 1 aromatic heterocycles. The quantitative estimate of drug-likeness (QED) is 0.785. The van der Waals surface area contributed by atoms with Gasteiger partial charge in [0.2, 0.25) is 0 Å². The maximum absolute atomic E-state index is 9.69. The molecule has 0 fully saturated rings. The molecule has 0 saturated carbocycles. The molecule has 2 atom stereocenters. The molecule has 0 aliphatic carbocycles. The molecule has 0 saturated heterocycles. The second kappa shape index (κ2) is 6.26. The van der Waals surface area contributed by atoms with Crippen molar-refractivity contribution in [2.45, 2.75) is 51.7 Å². The molecule has 0 aromatic carbocycles. The van der Waals surface area contributed by atoms with Crippen molar-refractivity contribution < 1.29 is 10.2 Å². The largest absolute Gasteiger partial charge is 0.390 e. The zero-order valence-electron chi connectivity index (χ0n) is 9.44. The van der Waals surface area contributed by atoms with Gasteiger partial charge in [0.1, 0.15) is 0 Å². The third-order valence-electron chi connectivity index (χ3n) is 2.66. The molecule has 0 aliphatic heterocycles. The third-order valence-corrected chi connectivity index (χ3v) is 3.75. The molecule has 15 heavy (non-hydrogen) atoms. The van der Waals surface area contributed by atoms with Crippen LogP contribution in [0.1, 0.15) is 36.6 Å². The van der Waals surface area contributed by atoms with Crippen molar-refractivity contribution in [3.05, 3.63) is 21.9 Å². The molecule has 0 bridgehead atoms. The van der Waals surface area contributed by atoms with Crippen LogP contribution >= 0.6 is 11.3 Å². The van der Waals surface area contributed by atoms with Gasteiger partial charge in [0, 0.05) is 4.88 Å². The van der Waals surface area contributed by atoms with E-state index in [2.05, 4.69) is 18.4 Å². The highest BCUT2D eigenvalue weighted by molar-refractivity contribution is 7.10. The van der Waals surface area contributed by atoms with E-state index in [1.165, 1.54) is 10.4 Å². The Labute approximate surface area is 95.6 Å². The second-order valence-corrected chi connectivity index (χ2v) is 4.99. The minimum absolute atomic E-state index is 0.560. The van der Waals surface area contributed by atoms with E-state index in [0.29, 0.717) is 12.8 Å². The van der Waals surface area contributed by atoms with Crippen LogP contribution in [0.15, 0.2) is 11.4 Å². The van der Waals surface area contributed by atoms with Gasteiger partial charge in [0.25, 0.3) is 0 Å². The molecular weight excluding hydrogens is 208 g/mol. The van der Waals surface area contributed by atoms with Crippen molar-refractivity contribution >= 4 is 11.3 Å². The summed E-state index contributed by atoms with van der Waals surface area (Å²) in [7, 11) is 0. The molecule has 0 aliphatic rings. The van der Waals surface area contributed by atoms with Crippen LogP contribution < -0.4 is 0 Å². The number of hydrogen-bond acceptors (Lipinski definition) is 3. The van der Waals surface area contributed by atoms with E-state index in [1.54, 1.807) is 11.3 Å². The lowest BCUT2D eigenvalue weighted by Gasteiger charge is -2.16. The van der Waals surface area contributed by atoms with Gasteiger partial charge in [-0.3, -0.25) is 0 Å². The molecule has 1 aromatic rings. The number of aliphatic hydroxyl groups is 2.